The summed E-state index contributed by atoms with van der Waals surface area (Å²) in [7, 11) is 1.46. The fourth-order valence-corrected chi connectivity index (χ4v) is 2.33. The lowest BCUT2D eigenvalue weighted by Gasteiger charge is -2.38. The molecule has 0 amide bonds. The Kier molecular flexibility index (Phi) is 8.57. The minimum absolute atomic E-state index is 0.386. The van der Waals surface area contributed by atoms with Crippen LogP contribution in [0.25, 0.3) is 0 Å². The van der Waals surface area contributed by atoms with Crippen molar-refractivity contribution in [2.45, 2.75) is 37.2 Å². The highest BCUT2D eigenvalue weighted by Crippen LogP contribution is 2.46. The van der Waals surface area contributed by atoms with Gasteiger partial charge in [-0.15, -0.1) is 26.3 Å². The summed E-state index contributed by atoms with van der Waals surface area (Å²) in [6.07, 6.45) is -10.6. The number of hydrogen-bond acceptors (Lipinski definition) is 7. The topological polar surface area (TPSA) is 55.4 Å². The number of thioether (sulfide) groups is 1. The molecular formula is C10H16F6O6S. The molecule has 0 spiro atoms. The highest BCUT2D eigenvalue weighted by Gasteiger charge is 2.57. The summed E-state index contributed by atoms with van der Waals surface area (Å²) in [6.45, 7) is 1.76. The molecule has 0 aliphatic rings. The van der Waals surface area contributed by atoms with Crippen molar-refractivity contribution in [2.24, 2.45) is 0 Å². The molecule has 140 valence electrons. The van der Waals surface area contributed by atoms with Crippen LogP contribution in [0.4, 0.5) is 26.3 Å². The van der Waals surface area contributed by atoms with Gasteiger partial charge in [-0.3, -0.25) is 0 Å². The Labute approximate surface area is 132 Å². The summed E-state index contributed by atoms with van der Waals surface area (Å²) < 4.78 is 101. The van der Waals surface area contributed by atoms with Crippen LogP contribution in [0.2, 0.25) is 0 Å². The third kappa shape index (κ3) is 8.37. The van der Waals surface area contributed by atoms with Crippen molar-refractivity contribution in [3.8, 4) is 0 Å². The van der Waals surface area contributed by atoms with Gasteiger partial charge >= 0.3 is 23.3 Å². The van der Waals surface area contributed by atoms with E-state index < -0.39 is 36.5 Å². The van der Waals surface area contributed by atoms with Crippen LogP contribution in [-0.2, 0) is 28.4 Å². The molecule has 0 saturated heterocycles. The third-order valence-corrected chi connectivity index (χ3v) is 3.11. The van der Waals surface area contributed by atoms with Crippen molar-refractivity contribution in [3.63, 3.8) is 0 Å². The second-order valence-corrected chi connectivity index (χ2v) is 4.68. The summed E-state index contributed by atoms with van der Waals surface area (Å²) in [5.41, 5.74) is 0. The summed E-state index contributed by atoms with van der Waals surface area (Å²) in [6, 6.07) is 0. The largest absolute Gasteiger partial charge is 0.527 e. The first-order valence-corrected chi connectivity index (χ1v) is 6.80. The predicted octanol–water partition coefficient (Wildman–Crippen LogP) is 3.38. The highest BCUT2D eigenvalue weighted by atomic mass is 32.2. The number of halogens is 6. The third-order valence-electron chi connectivity index (χ3n) is 1.87. The van der Waals surface area contributed by atoms with E-state index >= 15 is 0 Å². The SMILES string of the molecule is CCOC(OC)(OC(F)(F)F)SC(OC)(OCC)OC(F)(F)F. The Balaban J connectivity index is 5.65. The van der Waals surface area contributed by atoms with Gasteiger partial charge in [-0.05, 0) is 13.8 Å². The first-order valence-electron chi connectivity index (χ1n) is 5.98. The van der Waals surface area contributed by atoms with Crippen LogP contribution < -0.4 is 0 Å². The Morgan fingerprint density at radius 3 is 1.17 bits per heavy atom. The molecule has 0 rings (SSSR count). The number of hydrogen-bond donors (Lipinski definition) is 0. The van der Waals surface area contributed by atoms with E-state index in [-0.39, 0.29) is 11.8 Å². The molecule has 0 aromatic rings. The van der Waals surface area contributed by atoms with Crippen molar-refractivity contribution in [3.05, 3.63) is 0 Å². The van der Waals surface area contributed by atoms with Crippen LogP contribution >= 0.6 is 11.8 Å². The Morgan fingerprint density at radius 2 is 1.00 bits per heavy atom. The molecule has 0 N–H and O–H groups in total. The van der Waals surface area contributed by atoms with E-state index in [4.69, 9.17) is 0 Å². The molecule has 2 atom stereocenters. The second kappa shape index (κ2) is 8.69. The molecule has 0 radical (unpaired) electrons. The number of methoxy groups -OCH3 is 2. The van der Waals surface area contributed by atoms with Crippen LogP contribution in [0.15, 0.2) is 0 Å². The maximum absolute atomic E-state index is 12.5. The molecule has 13 heteroatoms. The molecule has 0 heterocycles. The predicted molar refractivity (Wildman–Crippen MR) is 64.6 cm³/mol. The Bertz CT molecular complexity index is 322. The summed E-state index contributed by atoms with van der Waals surface area (Å²) in [4.78, 5) is 0. The van der Waals surface area contributed by atoms with Gasteiger partial charge in [0.25, 0.3) is 0 Å². The number of alkyl halides is 6. The molecule has 0 saturated carbocycles. The maximum Gasteiger partial charge on any atom is 0.527 e. The quantitative estimate of drug-likeness (QED) is 0.427. The first-order chi connectivity index (χ1) is 10.4. The van der Waals surface area contributed by atoms with Crippen LogP contribution in [0, 0.1) is 0 Å². The lowest BCUT2D eigenvalue weighted by Crippen LogP contribution is -2.49. The zero-order chi connectivity index (χ0) is 18.4. The Hall–Kier alpha value is -0.310. The van der Waals surface area contributed by atoms with E-state index in [2.05, 4.69) is 28.4 Å². The smallest absolute Gasteiger partial charge is 0.321 e. The van der Waals surface area contributed by atoms with E-state index in [1.165, 1.54) is 13.8 Å². The average molecular weight is 378 g/mol. The zero-order valence-corrected chi connectivity index (χ0v) is 13.4. The van der Waals surface area contributed by atoms with Gasteiger partial charge in [0, 0.05) is 26.0 Å². The second-order valence-electron chi connectivity index (χ2n) is 3.47. The van der Waals surface area contributed by atoms with Gasteiger partial charge in [-0.25, -0.2) is 9.47 Å². The van der Waals surface area contributed by atoms with E-state index in [0.717, 1.165) is 14.2 Å². The molecule has 2 unspecified atom stereocenters. The lowest BCUT2D eigenvalue weighted by atomic mass is 10.9. The maximum atomic E-state index is 12.5. The molecule has 0 aromatic heterocycles. The van der Waals surface area contributed by atoms with Crippen LogP contribution in [0.3, 0.4) is 0 Å². The molecule has 23 heavy (non-hydrogen) atoms. The van der Waals surface area contributed by atoms with Gasteiger partial charge < -0.3 is 18.9 Å². The summed E-state index contributed by atoms with van der Waals surface area (Å²) in [5.74, 6) is 0. The molecule has 0 bridgehead atoms. The van der Waals surface area contributed by atoms with Crippen molar-refractivity contribution in [1.29, 1.82) is 0 Å². The molecular weight excluding hydrogens is 362 g/mol. The number of ether oxygens (including phenoxy) is 6. The van der Waals surface area contributed by atoms with Gasteiger partial charge in [0.2, 0.25) is 0 Å². The zero-order valence-electron chi connectivity index (χ0n) is 12.5. The first kappa shape index (κ1) is 22.7. The minimum atomic E-state index is -5.29. The average Bonchev–Trinajstić information content (AvgIpc) is 2.35. The van der Waals surface area contributed by atoms with E-state index in [9.17, 15) is 26.3 Å². The van der Waals surface area contributed by atoms with Crippen molar-refractivity contribution >= 4 is 11.8 Å². The highest BCUT2D eigenvalue weighted by molar-refractivity contribution is 8.01. The fourth-order valence-electron chi connectivity index (χ4n) is 1.23. The fraction of sp³-hybridized carbons (Fsp3) is 1.00. The molecule has 0 aromatic carbocycles. The normalized spacial score (nSPS) is 18.5. The van der Waals surface area contributed by atoms with Crippen LogP contribution in [-0.4, -0.2) is 50.8 Å². The molecule has 6 nitrogen and oxygen atoms in total. The Morgan fingerprint density at radius 1 is 0.696 bits per heavy atom. The van der Waals surface area contributed by atoms with Crippen LogP contribution in [0.5, 0.6) is 0 Å². The lowest BCUT2D eigenvalue weighted by molar-refractivity contribution is -0.459. The standard InChI is InChI=1S/C10H16F6O6S/c1-5-19-9(17-3,21-7(11,12)13)23-10(18-4,20-6-2)22-8(14,15)16/h5-6H2,1-4H3. The van der Waals surface area contributed by atoms with Gasteiger partial charge in [-0.1, -0.05) is 0 Å². The van der Waals surface area contributed by atoms with Gasteiger partial charge in [0.05, 0.1) is 13.2 Å². The molecule has 0 fully saturated rings. The van der Waals surface area contributed by atoms with Crippen molar-refractivity contribution < 1.29 is 54.8 Å². The summed E-state index contributed by atoms with van der Waals surface area (Å²) in [5, 5.41) is -6.10. The van der Waals surface area contributed by atoms with Gasteiger partial charge in [-0.2, -0.15) is 0 Å². The van der Waals surface area contributed by atoms with E-state index in [1.807, 2.05) is 0 Å². The minimum Gasteiger partial charge on any atom is -0.321 e. The van der Waals surface area contributed by atoms with Gasteiger partial charge in [0.1, 0.15) is 0 Å². The number of rotatable bonds is 10. The molecule has 0 aliphatic heterocycles. The van der Waals surface area contributed by atoms with E-state index in [1.54, 1.807) is 0 Å². The van der Waals surface area contributed by atoms with Crippen molar-refractivity contribution in [1.82, 2.24) is 0 Å². The van der Waals surface area contributed by atoms with Gasteiger partial charge in [0.15, 0.2) is 0 Å². The van der Waals surface area contributed by atoms with E-state index in [0.29, 0.717) is 0 Å². The van der Waals surface area contributed by atoms with Crippen LogP contribution in [0.1, 0.15) is 13.8 Å². The molecule has 0 aliphatic carbocycles. The monoisotopic (exact) mass is 378 g/mol. The summed E-state index contributed by atoms with van der Waals surface area (Å²) >= 11 is -0.386. The van der Waals surface area contributed by atoms with Crippen molar-refractivity contribution in [2.75, 3.05) is 27.4 Å².